The molecule has 2 aromatic carbocycles. The number of pyridine rings is 1. The summed E-state index contributed by atoms with van der Waals surface area (Å²) in [6.45, 7) is 6.63. The molecule has 2 aliphatic rings. The van der Waals surface area contributed by atoms with E-state index in [2.05, 4.69) is 10.3 Å². The zero-order valence-corrected chi connectivity index (χ0v) is 22.5. The number of fused-ring (bicyclic) bond motifs is 1. The van der Waals surface area contributed by atoms with Gasteiger partial charge < -0.3 is 5.11 Å². The van der Waals surface area contributed by atoms with Crippen LogP contribution in [0.4, 0.5) is 17.6 Å². The van der Waals surface area contributed by atoms with Gasteiger partial charge in [-0.25, -0.2) is 4.39 Å². The van der Waals surface area contributed by atoms with E-state index in [0.717, 1.165) is 12.1 Å². The first-order valence-corrected chi connectivity index (χ1v) is 13.2. The van der Waals surface area contributed by atoms with Crippen molar-refractivity contribution in [3.63, 3.8) is 0 Å². The van der Waals surface area contributed by atoms with Crippen LogP contribution < -0.4 is 5.32 Å². The number of carbonyl (C=O) groups is 2. The molecular formula is C30H31F4N3O3. The third kappa shape index (κ3) is 4.99. The van der Waals surface area contributed by atoms with Gasteiger partial charge in [0, 0.05) is 48.1 Å². The number of nitrogens with zero attached hydrogens (tertiary/aromatic N) is 2. The number of imide groups is 1. The van der Waals surface area contributed by atoms with Crippen molar-refractivity contribution in [2.45, 2.75) is 64.3 Å². The van der Waals surface area contributed by atoms with E-state index in [1.165, 1.54) is 12.1 Å². The van der Waals surface area contributed by atoms with Gasteiger partial charge in [-0.2, -0.15) is 13.2 Å². The van der Waals surface area contributed by atoms with Gasteiger partial charge in [0.2, 0.25) is 11.8 Å². The van der Waals surface area contributed by atoms with Gasteiger partial charge in [0.25, 0.3) is 0 Å². The van der Waals surface area contributed by atoms with Crippen LogP contribution in [-0.4, -0.2) is 39.9 Å². The van der Waals surface area contributed by atoms with Crippen molar-refractivity contribution in [1.29, 1.82) is 0 Å². The molecule has 40 heavy (non-hydrogen) atoms. The highest BCUT2D eigenvalue weighted by molar-refractivity contribution is 6.01. The zero-order valence-electron chi connectivity index (χ0n) is 22.5. The molecule has 2 aliphatic heterocycles. The van der Waals surface area contributed by atoms with Crippen molar-refractivity contribution < 1.29 is 32.3 Å². The molecule has 2 atom stereocenters. The van der Waals surface area contributed by atoms with Crippen LogP contribution in [0.2, 0.25) is 0 Å². The molecule has 0 bridgehead atoms. The highest BCUT2D eigenvalue weighted by Crippen LogP contribution is 2.48. The lowest BCUT2D eigenvalue weighted by atomic mass is 9.66. The number of halogens is 4. The van der Waals surface area contributed by atoms with Crippen LogP contribution in [0.15, 0.2) is 42.5 Å². The number of aromatic nitrogens is 1. The molecule has 1 unspecified atom stereocenters. The van der Waals surface area contributed by atoms with E-state index in [-0.39, 0.29) is 29.7 Å². The molecule has 2 fully saturated rings. The molecule has 6 nitrogen and oxygen atoms in total. The number of alkyl halides is 3. The number of rotatable bonds is 4. The number of hydrogen-bond acceptors (Lipinski definition) is 5. The van der Waals surface area contributed by atoms with E-state index in [4.69, 9.17) is 0 Å². The number of amides is 2. The zero-order chi connectivity index (χ0) is 29.0. The Morgan fingerprint density at radius 1 is 1.12 bits per heavy atom. The number of carbonyl (C=O) groups excluding carboxylic acids is 2. The molecule has 2 N–H and O–H groups in total. The summed E-state index contributed by atoms with van der Waals surface area (Å²) in [6, 6.07) is 9.85. The first-order valence-electron chi connectivity index (χ1n) is 13.2. The summed E-state index contributed by atoms with van der Waals surface area (Å²) in [5, 5.41) is 14.5. The second-order valence-electron chi connectivity index (χ2n) is 11.6. The minimum absolute atomic E-state index is 0.138. The Bertz CT molecular complexity index is 1490. The van der Waals surface area contributed by atoms with Crippen molar-refractivity contribution in [3.8, 4) is 0 Å². The van der Waals surface area contributed by atoms with Gasteiger partial charge in [-0.05, 0) is 55.2 Å². The average molecular weight is 558 g/mol. The molecule has 3 heterocycles. The van der Waals surface area contributed by atoms with E-state index in [0.29, 0.717) is 48.4 Å². The lowest BCUT2D eigenvalue weighted by molar-refractivity contribution is -0.138. The highest BCUT2D eigenvalue weighted by Gasteiger charge is 2.50. The molecule has 0 saturated carbocycles. The fourth-order valence-electron chi connectivity index (χ4n) is 6.10. The Morgan fingerprint density at radius 3 is 2.45 bits per heavy atom. The molecule has 212 valence electrons. The van der Waals surface area contributed by atoms with E-state index in [1.807, 2.05) is 18.7 Å². The SMILES string of the molecule is Cc1nc2ccc([C@]3(O)CCN(Cc4ccc(C(F)(F)F)cc4)CC3(C)C)c(F)c2cc1C1CCC(=O)NC1=O. The molecule has 0 aliphatic carbocycles. The Morgan fingerprint density at radius 2 is 1.82 bits per heavy atom. The quantitative estimate of drug-likeness (QED) is 0.334. The Balaban J connectivity index is 1.42. The smallest absolute Gasteiger partial charge is 0.384 e. The van der Waals surface area contributed by atoms with Crippen molar-refractivity contribution in [1.82, 2.24) is 15.2 Å². The van der Waals surface area contributed by atoms with Crippen LogP contribution >= 0.6 is 0 Å². The monoisotopic (exact) mass is 557 g/mol. The fraction of sp³-hybridized carbons (Fsp3) is 0.433. The second-order valence-corrected chi connectivity index (χ2v) is 11.6. The Hall–Kier alpha value is -3.37. The van der Waals surface area contributed by atoms with E-state index >= 15 is 4.39 Å². The van der Waals surface area contributed by atoms with Gasteiger partial charge in [0.15, 0.2) is 0 Å². The maximum Gasteiger partial charge on any atom is 0.416 e. The topological polar surface area (TPSA) is 82.5 Å². The molecule has 1 aromatic heterocycles. The van der Waals surface area contributed by atoms with Crippen LogP contribution in [0, 0.1) is 18.2 Å². The summed E-state index contributed by atoms with van der Waals surface area (Å²) in [5.41, 5.74) is -0.668. The first-order chi connectivity index (χ1) is 18.7. The summed E-state index contributed by atoms with van der Waals surface area (Å²) in [6.07, 6.45) is -3.69. The van der Waals surface area contributed by atoms with Gasteiger partial charge in [0.05, 0.1) is 22.6 Å². The largest absolute Gasteiger partial charge is 0.416 e. The molecule has 0 spiro atoms. The molecule has 2 saturated heterocycles. The summed E-state index contributed by atoms with van der Waals surface area (Å²) < 4.78 is 55.0. The summed E-state index contributed by atoms with van der Waals surface area (Å²) in [4.78, 5) is 30.7. The third-order valence-electron chi connectivity index (χ3n) is 8.44. The lowest BCUT2D eigenvalue weighted by Crippen LogP contribution is -2.55. The number of benzene rings is 2. The molecule has 0 radical (unpaired) electrons. The Labute approximate surface area is 229 Å². The number of aryl methyl sites for hydroxylation is 1. The first kappa shape index (κ1) is 28.2. The molecule has 10 heteroatoms. The van der Waals surface area contributed by atoms with Crippen molar-refractivity contribution in [3.05, 3.63) is 76.2 Å². The predicted molar refractivity (Wildman–Crippen MR) is 141 cm³/mol. The number of likely N-dealkylation sites (tertiary alicyclic amines) is 1. The summed E-state index contributed by atoms with van der Waals surface area (Å²) in [7, 11) is 0. The Kier molecular flexibility index (Phi) is 6.99. The lowest BCUT2D eigenvalue weighted by Gasteiger charge is -2.50. The standard InChI is InChI=1S/C30H31F4N3O3/c1-17-21(20-8-11-25(38)36-27(20)39)14-22-24(35-17)10-9-23(26(22)31)29(40)12-13-37(16-28(29,2)3)15-18-4-6-19(7-5-18)30(32,33)34/h4-7,9-10,14,20,40H,8,11-13,15-16H2,1-3H3,(H,36,38,39)/t20?,29-/m1/s1. The van der Waals surface area contributed by atoms with Crippen LogP contribution in [0.25, 0.3) is 10.9 Å². The van der Waals surface area contributed by atoms with Crippen LogP contribution in [0.3, 0.4) is 0 Å². The number of aliphatic hydroxyl groups is 1. The van der Waals surface area contributed by atoms with E-state index < -0.39 is 40.4 Å². The summed E-state index contributed by atoms with van der Waals surface area (Å²) >= 11 is 0. The number of piperidine rings is 2. The molecule has 3 aromatic rings. The normalized spacial score (nSPS) is 23.9. The minimum atomic E-state index is -4.40. The average Bonchev–Trinajstić information content (AvgIpc) is 2.86. The van der Waals surface area contributed by atoms with Crippen molar-refractivity contribution >= 4 is 22.7 Å². The number of hydrogen-bond donors (Lipinski definition) is 2. The maximum absolute atomic E-state index is 16.2. The second kappa shape index (κ2) is 9.92. The van der Waals surface area contributed by atoms with Gasteiger partial charge in [-0.1, -0.05) is 32.0 Å². The maximum atomic E-state index is 16.2. The molecule has 2 amide bonds. The van der Waals surface area contributed by atoms with Gasteiger partial charge in [-0.3, -0.25) is 24.8 Å². The van der Waals surface area contributed by atoms with Crippen LogP contribution in [0.5, 0.6) is 0 Å². The predicted octanol–water partition coefficient (Wildman–Crippen LogP) is 5.34. The van der Waals surface area contributed by atoms with Crippen molar-refractivity contribution in [2.24, 2.45) is 5.41 Å². The highest BCUT2D eigenvalue weighted by atomic mass is 19.4. The number of nitrogens with one attached hydrogen (secondary N) is 1. The minimum Gasteiger partial charge on any atom is -0.384 e. The van der Waals surface area contributed by atoms with Gasteiger partial charge in [-0.15, -0.1) is 0 Å². The van der Waals surface area contributed by atoms with Gasteiger partial charge in [0.1, 0.15) is 5.82 Å². The van der Waals surface area contributed by atoms with E-state index in [9.17, 15) is 27.9 Å². The van der Waals surface area contributed by atoms with Crippen molar-refractivity contribution in [2.75, 3.05) is 13.1 Å². The summed E-state index contributed by atoms with van der Waals surface area (Å²) in [5.74, 6) is -2.00. The van der Waals surface area contributed by atoms with Crippen LogP contribution in [0.1, 0.15) is 67.0 Å². The van der Waals surface area contributed by atoms with E-state index in [1.54, 1.807) is 25.1 Å². The molecular weight excluding hydrogens is 526 g/mol. The van der Waals surface area contributed by atoms with Crippen LogP contribution in [-0.2, 0) is 27.9 Å². The fourth-order valence-corrected chi connectivity index (χ4v) is 6.10. The van der Waals surface area contributed by atoms with Gasteiger partial charge >= 0.3 is 6.18 Å². The molecule has 5 rings (SSSR count). The third-order valence-corrected chi connectivity index (χ3v) is 8.44.